The first-order valence-electron chi connectivity index (χ1n) is 12.4. The van der Waals surface area contributed by atoms with E-state index in [4.69, 9.17) is 25.8 Å². The van der Waals surface area contributed by atoms with Crippen LogP contribution in [0.1, 0.15) is 33.2 Å². The van der Waals surface area contributed by atoms with Gasteiger partial charge in [0.25, 0.3) is 32.1 Å². The smallest absolute Gasteiger partial charge is 0.790 e. The molecule has 0 bridgehead atoms. The zero-order chi connectivity index (χ0) is 33.0. The second kappa shape index (κ2) is 16.5. The van der Waals surface area contributed by atoms with Gasteiger partial charge in [-0.15, -0.1) is 0 Å². The standard InChI is InChI=1S/2C11H15N2O8P.Ca/c2*12-10(16)6-2-1-3-13(4-6)11-9(15)8(14)7(21-11)5-20-22(17,18)19;/h2*1-4,7-9,11,14-15H,5H2,(H3-,12,16,17,18,19);/q;;+2/p-1/t2*7-,8-,9-,11-;/m11./s1. The summed E-state index contributed by atoms with van der Waals surface area (Å²) >= 11 is 0. The number of ether oxygens (including phenoxy) is 2. The molecule has 2 fully saturated rings. The number of nitrogens with zero attached hydrogens (tertiary/aromatic N) is 2. The Morgan fingerprint density at radius 2 is 1.16 bits per heavy atom. The molecule has 9 N–H and O–H groups in total. The van der Waals surface area contributed by atoms with E-state index in [1.807, 2.05) is 0 Å². The first-order chi connectivity index (χ1) is 20.4. The quantitative estimate of drug-likeness (QED) is 0.0685. The Labute approximate surface area is 284 Å². The molecule has 2 aliphatic heterocycles. The van der Waals surface area contributed by atoms with Gasteiger partial charge in [-0.25, -0.2) is 0 Å². The second-order valence-electron chi connectivity index (χ2n) is 9.41. The molecule has 4 rings (SSSR count). The monoisotopic (exact) mass is 707 g/mol. The summed E-state index contributed by atoms with van der Waals surface area (Å²) in [6.07, 6.45) is -4.75. The van der Waals surface area contributed by atoms with Crippen molar-refractivity contribution in [3.63, 3.8) is 0 Å². The Morgan fingerprint density at radius 1 is 0.778 bits per heavy atom. The van der Waals surface area contributed by atoms with Crippen LogP contribution in [-0.2, 0) is 27.7 Å². The van der Waals surface area contributed by atoms with Crippen LogP contribution in [0.2, 0.25) is 0 Å². The largest absolute Gasteiger partial charge is 2.00 e. The van der Waals surface area contributed by atoms with Crippen LogP contribution in [0.25, 0.3) is 0 Å². The zero-order valence-corrected chi connectivity index (χ0v) is 27.0. The molecule has 23 heteroatoms. The van der Waals surface area contributed by atoms with Crippen molar-refractivity contribution in [3.8, 4) is 0 Å². The van der Waals surface area contributed by atoms with Crippen LogP contribution in [0.15, 0.2) is 49.1 Å². The van der Waals surface area contributed by atoms with E-state index in [2.05, 4.69) is 9.05 Å². The molecule has 244 valence electrons. The summed E-state index contributed by atoms with van der Waals surface area (Å²) in [6.45, 7) is -1.39. The van der Waals surface area contributed by atoms with E-state index >= 15 is 0 Å². The van der Waals surface area contributed by atoms with Crippen molar-refractivity contribution in [2.45, 2.75) is 49.1 Å². The third kappa shape index (κ3) is 11.3. The molecular weight excluding hydrogens is 678 g/mol. The number of nitrogens with two attached hydrogens (primary N) is 2. The molecule has 2 aromatic heterocycles. The molecule has 0 radical (unpaired) electrons. The molecule has 0 saturated carbocycles. The van der Waals surface area contributed by atoms with E-state index in [0.29, 0.717) is 0 Å². The van der Waals surface area contributed by atoms with Crippen LogP contribution in [0.4, 0.5) is 0 Å². The van der Waals surface area contributed by atoms with Crippen LogP contribution in [0, 0.1) is 0 Å². The minimum Gasteiger partial charge on any atom is -0.790 e. The third-order valence-corrected chi connectivity index (χ3v) is 7.21. The normalized spacial score (nSPS) is 29.2. The van der Waals surface area contributed by atoms with Gasteiger partial charge in [0, 0.05) is 12.1 Å². The second-order valence-corrected chi connectivity index (χ2v) is 11.8. The number of aromatic nitrogens is 2. The van der Waals surface area contributed by atoms with Gasteiger partial charge in [0.1, 0.15) is 35.5 Å². The Kier molecular flexibility index (Phi) is 14.6. The average Bonchev–Trinajstić information content (AvgIpc) is 3.40. The van der Waals surface area contributed by atoms with Gasteiger partial charge in [-0.1, -0.05) is 0 Å². The summed E-state index contributed by atoms with van der Waals surface area (Å²) in [5.74, 6) is -1.38. The van der Waals surface area contributed by atoms with E-state index in [-0.39, 0.29) is 48.9 Å². The number of primary amides is 2. The van der Waals surface area contributed by atoms with Gasteiger partial charge in [-0.05, 0) is 12.1 Å². The fourth-order valence-electron chi connectivity index (χ4n) is 4.15. The fraction of sp³-hybridized carbons (Fsp3) is 0.455. The minimum absolute atomic E-state index is 0. The molecule has 2 amide bonds. The van der Waals surface area contributed by atoms with Crippen LogP contribution >= 0.6 is 15.6 Å². The molecule has 1 unspecified atom stereocenters. The maximum atomic E-state index is 11.1. The third-order valence-electron chi connectivity index (χ3n) is 6.27. The maximum absolute atomic E-state index is 11.1. The number of pyridine rings is 2. The Hall–Kier alpha value is -1.52. The molecule has 0 aliphatic carbocycles. The summed E-state index contributed by atoms with van der Waals surface area (Å²) in [6, 6.07) is 5.88. The number of carbonyl (C=O) groups is 2. The molecule has 0 spiro atoms. The summed E-state index contributed by atoms with van der Waals surface area (Å²) in [5.41, 5.74) is 10.6. The van der Waals surface area contributed by atoms with Crippen molar-refractivity contribution in [3.05, 3.63) is 60.2 Å². The minimum atomic E-state index is -5.22. The van der Waals surface area contributed by atoms with Crippen LogP contribution in [-0.4, -0.2) is 125 Å². The van der Waals surface area contributed by atoms with Gasteiger partial charge in [-0.2, -0.15) is 9.13 Å². The zero-order valence-electron chi connectivity index (χ0n) is 23.0. The number of aliphatic hydroxyl groups excluding tert-OH is 4. The molecule has 2 saturated heterocycles. The van der Waals surface area contributed by atoms with Gasteiger partial charge >= 0.3 is 37.7 Å². The molecule has 45 heavy (non-hydrogen) atoms. The van der Waals surface area contributed by atoms with E-state index in [1.54, 1.807) is 0 Å². The van der Waals surface area contributed by atoms with E-state index in [1.165, 1.54) is 58.2 Å². The summed E-state index contributed by atoms with van der Waals surface area (Å²) in [4.78, 5) is 62.2. The van der Waals surface area contributed by atoms with Crippen LogP contribution < -0.4 is 35.3 Å². The summed E-state index contributed by atoms with van der Waals surface area (Å²) in [5, 5.41) is 39.6. The van der Waals surface area contributed by atoms with E-state index in [0.717, 1.165) is 0 Å². The maximum Gasteiger partial charge on any atom is 2.00 e. The fourth-order valence-corrected chi connectivity index (χ4v) is 4.82. The molecule has 2 aromatic rings. The Bertz CT molecular complexity index is 1320. The summed E-state index contributed by atoms with van der Waals surface area (Å²) in [7, 11) is -10.2. The molecule has 2 aliphatic rings. The molecule has 9 atom stereocenters. The number of carbonyl (C=O) groups excluding carboxylic acids is 2. The van der Waals surface area contributed by atoms with Gasteiger partial charge in [-0.3, -0.25) is 14.2 Å². The van der Waals surface area contributed by atoms with Crippen molar-refractivity contribution in [1.82, 2.24) is 0 Å². The van der Waals surface area contributed by atoms with E-state index < -0.39 is 89.8 Å². The van der Waals surface area contributed by atoms with Gasteiger partial charge < -0.3 is 74.6 Å². The van der Waals surface area contributed by atoms with Crippen LogP contribution in [0.5, 0.6) is 0 Å². The predicted molar refractivity (Wildman–Crippen MR) is 137 cm³/mol. The number of phosphoric acid groups is 2. The number of hydrogen-bond donors (Lipinski definition) is 7. The Morgan fingerprint density at radius 3 is 1.49 bits per heavy atom. The first kappa shape index (κ1) is 39.7. The topological polar surface area (TPSA) is 335 Å². The number of aliphatic hydroxyl groups is 4. The number of hydrogen-bond acceptors (Lipinski definition) is 15. The predicted octanol–water partition coefficient (Wildman–Crippen LogP) is -6.67. The van der Waals surface area contributed by atoms with Crippen molar-refractivity contribution in [2.24, 2.45) is 11.5 Å². The molecule has 20 nitrogen and oxygen atoms in total. The van der Waals surface area contributed by atoms with Crippen molar-refractivity contribution in [2.75, 3.05) is 13.2 Å². The number of rotatable bonds is 10. The molecule has 4 heterocycles. The summed E-state index contributed by atoms with van der Waals surface area (Å²) < 4.78 is 42.4. The SMILES string of the molecule is NC(=O)c1ccc[n+]([C@@H]2O[C@H](COP(=O)([O-])O)[C@@H](O)[C@H]2O)c1.NC(=O)c1ccc[n+]([C@@H]2O[C@H](COP(=O)([O-])[O-])[C@@H](O)[C@H]2O)c1.[Ca+2]. The van der Waals surface area contributed by atoms with Crippen LogP contribution in [0.3, 0.4) is 0 Å². The van der Waals surface area contributed by atoms with Crippen molar-refractivity contribution < 1.29 is 86.4 Å². The molecular formula is C22H29CaN4O16P2+. The molecule has 0 aromatic carbocycles. The van der Waals surface area contributed by atoms with Gasteiger partial charge in [0.15, 0.2) is 37.0 Å². The number of amides is 2. The van der Waals surface area contributed by atoms with Crippen molar-refractivity contribution in [1.29, 1.82) is 0 Å². The van der Waals surface area contributed by atoms with Gasteiger partial charge in [0.05, 0.1) is 21.0 Å². The Balaban J connectivity index is 0.000000307. The number of phosphoric ester groups is 2. The van der Waals surface area contributed by atoms with Crippen molar-refractivity contribution >= 4 is 65.2 Å². The van der Waals surface area contributed by atoms with Gasteiger partial charge in [0.2, 0.25) is 0 Å². The first-order valence-corrected chi connectivity index (χ1v) is 15.3. The average molecular weight is 708 g/mol. The van der Waals surface area contributed by atoms with E-state index in [9.17, 15) is 53.8 Å².